The Bertz CT molecular complexity index is 762. The third-order valence-corrected chi connectivity index (χ3v) is 4.46. The lowest BCUT2D eigenvalue weighted by molar-refractivity contribution is 0.186. The molecule has 0 aliphatic heterocycles. The fourth-order valence-corrected chi connectivity index (χ4v) is 3.14. The zero-order valence-electron chi connectivity index (χ0n) is 13.5. The van der Waals surface area contributed by atoms with E-state index in [9.17, 15) is 4.79 Å². The smallest absolute Gasteiger partial charge is 0.404 e. The molecule has 0 radical (unpaired) electrons. The Balaban J connectivity index is 0.000000196. The van der Waals surface area contributed by atoms with Gasteiger partial charge in [-0.05, 0) is 25.0 Å². The summed E-state index contributed by atoms with van der Waals surface area (Å²) in [5, 5.41) is 24.2. The minimum absolute atomic E-state index is 0.228. The highest BCUT2D eigenvalue weighted by Crippen LogP contribution is 2.25. The second-order valence-corrected chi connectivity index (χ2v) is 6.56. The quantitative estimate of drug-likeness (QED) is 0.388. The first-order valence-electron chi connectivity index (χ1n) is 7.92. The van der Waals surface area contributed by atoms with Gasteiger partial charge in [-0.1, -0.05) is 53.7 Å². The van der Waals surface area contributed by atoms with E-state index in [0.29, 0.717) is 21.1 Å². The fraction of sp³-hybridized carbons (Fsp3) is 0.353. The van der Waals surface area contributed by atoms with E-state index in [2.05, 4.69) is 15.5 Å². The van der Waals surface area contributed by atoms with Crippen LogP contribution in [-0.4, -0.2) is 33.6 Å². The molecular weight excluding hydrogens is 365 g/mol. The summed E-state index contributed by atoms with van der Waals surface area (Å²) >= 11 is 11.8. The molecule has 1 aromatic heterocycles. The average Bonchev–Trinajstić information content (AvgIpc) is 2.58. The van der Waals surface area contributed by atoms with Crippen molar-refractivity contribution in [1.82, 2.24) is 10.3 Å². The lowest BCUT2D eigenvalue weighted by Gasteiger charge is -2.20. The van der Waals surface area contributed by atoms with E-state index in [-0.39, 0.29) is 6.04 Å². The van der Waals surface area contributed by atoms with Gasteiger partial charge < -0.3 is 15.6 Å². The van der Waals surface area contributed by atoms with E-state index < -0.39 is 6.09 Å². The summed E-state index contributed by atoms with van der Waals surface area (Å²) in [6.45, 7) is 0. The van der Waals surface area contributed by atoms with E-state index in [1.165, 1.54) is 31.7 Å². The number of fused-ring (bicyclic) bond motifs is 1. The molecule has 1 saturated carbocycles. The van der Waals surface area contributed by atoms with Crippen molar-refractivity contribution in [1.29, 1.82) is 0 Å². The fourth-order valence-electron chi connectivity index (χ4n) is 2.77. The maximum atomic E-state index is 10.2. The molecule has 0 spiro atoms. The van der Waals surface area contributed by atoms with E-state index in [1.54, 1.807) is 12.1 Å². The molecule has 1 amide bonds. The number of carboxylic acid groups (broad SMARTS) is 1. The Kier molecular flexibility index (Phi) is 7.28. The Hall–Kier alpha value is -2.05. The number of carbonyl (C=O) groups is 1. The van der Waals surface area contributed by atoms with Crippen molar-refractivity contribution >= 4 is 46.4 Å². The Labute approximate surface area is 155 Å². The summed E-state index contributed by atoms with van der Waals surface area (Å²) in [6, 6.07) is 5.52. The number of aromatic nitrogens is 1. The van der Waals surface area contributed by atoms with E-state index in [4.69, 9.17) is 33.5 Å². The van der Waals surface area contributed by atoms with Gasteiger partial charge in [-0.25, -0.2) is 4.79 Å². The Morgan fingerprint density at radius 1 is 1.28 bits per heavy atom. The number of halogens is 2. The summed E-state index contributed by atoms with van der Waals surface area (Å²) in [4.78, 5) is 14.3. The van der Waals surface area contributed by atoms with Gasteiger partial charge in [0.05, 0.1) is 21.8 Å². The second kappa shape index (κ2) is 9.44. The van der Waals surface area contributed by atoms with Gasteiger partial charge >= 0.3 is 6.09 Å². The highest BCUT2D eigenvalue weighted by molar-refractivity contribution is 6.35. The lowest BCUT2D eigenvalue weighted by atomic mass is 9.96. The molecule has 0 saturated heterocycles. The Morgan fingerprint density at radius 2 is 2.00 bits per heavy atom. The number of hydrogen-bond acceptors (Lipinski definition) is 4. The summed E-state index contributed by atoms with van der Waals surface area (Å²) in [5.74, 6) is 0. The molecule has 6 nitrogen and oxygen atoms in total. The molecule has 2 aromatic rings. The standard InChI is InChI=1S/C10H6Cl2N2O.C7H13NO2/c11-7-3-6-1-2-9(12)8(5-14-15)10(6)13-4-7;9-7(10)8-6-4-2-1-3-5-6/h1-5,15H;6,8H,1-5H2,(H,9,10)/b14-5-;. The number of pyridine rings is 1. The van der Waals surface area contributed by atoms with Crippen LogP contribution in [0.25, 0.3) is 10.9 Å². The van der Waals surface area contributed by atoms with Crippen molar-refractivity contribution in [2.45, 2.75) is 38.1 Å². The molecule has 134 valence electrons. The SMILES string of the molecule is O/N=C\c1c(Cl)ccc2cc(Cl)cnc12.O=C(O)NC1CCCCC1. The van der Waals surface area contributed by atoms with Crippen LogP contribution in [0.5, 0.6) is 0 Å². The number of hydrogen-bond donors (Lipinski definition) is 3. The van der Waals surface area contributed by atoms with Crippen molar-refractivity contribution in [3.63, 3.8) is 0 Å². The molecule has 1 aliphatic carbocycles. The highest BCUT2D eigenvalue weighted by Gasteiger charge is 2.14. The highest BCUT2D eigenvalue weighted by atomic mass is 35.5. The van der Waals surface area contributed by atoms with Gasteiger partial charge in [-0.3, -0.25) is 4.98 Å². The molecule has 1 aliphatic rings. The van der Waals surface area contributed by atoms with Crippen molar-refractivity contribution in [3.8, 4) is 0 Å². The number of benzene rings is 1. The zero-order valence-corrected chi connectivity index (χ0v) is 15.0. The van der Waals surface area contributed by atoms with E-state index >= 15 is 0 Å². The third-order valence-electron chi connectivity index (χ3n) is 3.93. The lowest BCUT2D eigenvalue weighted by Crippen LogP contribution is -2.34. The van der Waals surface area contributed by atoms with Crippen LogP contribution < -0.4 is 5.32 Å². The van der Waals surface area contributed by atoms with E-state index in [1.807, 2.05) is 6.07 Å². The summed E-state index contributed by atoms with van der Waals surface area (Å²) < 4.78 is 0. The van der Waals surface area contributed by atoms with Gasteiger partial charge in [0.1, 0.15) is 0 Å². The molecule has 1 aromatic carbocycles. The molecule has 3 rings (SSSR count). The zero-order chi connectivity index (χ0) is 18.2. The monoisotopic (exact) mass is 383 g/mol. The molecular formula is C17H19Cl2N3O3. The summed E-state index contributed by atoms with van der Waals surface area (Å²) in [7, 11) is 0. The van der Waals surface area contributed by atoms with Gasteiger partial charge in [0.25, 0.3) is 0 Å². The summed E-state index contributed by atoms with van der Waals surface area (Å²) in [6.07, 6.45) is 7.54. The Morgan fingerprint density at radius 3 is 2.64 bits per heavy atom. The van der Waals surface area contributed by atoms with Crippen LogP contribution in [0.4, 0.5) is 4.79 Å². The topological polar surface area (TPSA) is 94.8 Å². The van der Waals surface area contributed by atoms with Crippen molar-refractivity contribution in [2.75, 3.05) is 0 Å². The first-order valence-corrected chi connectivity index (χ1v) is 8.67. The molecule has 3 N–H and O–H groups in total. The van der Waals surface area contributed by atoms with Gasteiger partial charge in [-0.2, -0.15) is 0 Å². The molecule has 1 fully saturated rings. The minimum atomic E-state index is -0.882. The predicted octanol–water partition coefficient (Wildman–Crippen LogP) is 4.94. The molecule has 25 heavy (non-hydrogen) atoms. The van der Waals surface area contributed by atoms with E-state index in [0.717, 1.165) is 18.2 Å². The molecule has 1 heterocycles. The number of nitrogens with zero attached hydrogens (tertiary/aromatic N) is 2. The van der Waals surface area contributed by atoms with Crippen LogP contribution in [0.1, 0.15) is 37.7 Å². The summed E-state index contributed by atoms with van der Waals surface area (Å²) in [5.41, 5.74) is 1.23. The van der Waals surface area contributed by atoms with Gasteiger partial charge in [0.15, 0.2) is 0 Å². The van der Waals surface area contributed by atoms with Crippen LogP contribution in [0.3, 0.4) is 0 Å². The maximum Gasteiger partial charge on any atom is 0.404 e. The first-order chi connectivity index (χ1) is 12.0. The van der Waals surface area contributed by atoms with Crippen LogP contribution >= 0.6 is 23.2 Å². The normalized spacial score (nSPS) is 15.0. The largest absolute Gasteiger partial charge is 0.465 e. The first kappa shape index (κ1) is 19.3. The van der Waals surface area contributed by atoms with Gasteiger partial charge in [0, 0.05) is 23.2 Å². The van der Waals surface area contributed by atoms with Crippen LogP contribution in [0, 0.1) is 0 Å². The van der Waals surface area contributed by atoms with Crippen LogP contribution in [0.15, 0.2) is 29.6 Å². The number of oxime groups is 1. The number of nitrogens with one attached hydrogen (secondary N) is 1. The third kappa shape index (κ3) is 5.76. The van der Waals surface area contributed by atoms with Crippen LogP contribution in [-0.2, 0) is 0 Å². The number of amides is 1. The molecule has 0 atom stereocenters. The molecule has 0 bridgehead atoms. The van der Waals surface area contributed by atoms with Crippen molar-refractivity contribution in [3.05, 3.63) is 40.0 Å². The second-order valence-electron chi connectivity index (χ2n) is 5.72. The van der Waals surface area contributed by atoms with Gasteiger partial charge in [-0.15, -0.1) is 0 Å². The average molecular weight is 384 g/mol. The maximum absolute atomic E-state index is 10.2. The van der Waals surface area contributed by atoms with Crippen molar-refractivity contribution < 1.29 is 15.1 Å². The van der Waals surface area contributed by atoms with Gasteiger partial charge in [0.2, 0.25) is 0 Å². The molecule has 8 heteroatoms. The predicted molar refractivity (Wildman–Crippen MR) is 99.2 cm³/mol. The van der Waals surface area contributed by atoms with Crippen LogP contribution in [0.2, 0.25) is 10.0 Å². The minimum Gasteiger partial charge on any atom is -0.465 e. The number of rotatable bonds is 2. The molecule has 0 unspecified atom stereocenters. The van der Waals surface area contributed by atoms with Crippen molar-refractivity contribution in [2.24, 2.45) is 5.16 Å².